The lowest BCUT2D eigenvalue weighted by molar-refractivity contribution is 1.28. The molecular weight excluding hydrogens is 148 g/mol. The summed E-state index contributed by atoms with van der Waals surface area (Å²) in [7, 11) is 0. The molecule has 2 heteroatoms. The van der Waals surface area contributed by atoms with Crippen LogP contribution >= 0.6 is 0 Å². The van der Waals surface area contributed by atoms with Crippen LogP contribution in [0.2, 0.25) is 0 Å². The van der Waals surface area contributed by atoms with Crippen LogP contribution in [-0.2, 0) is 0 Å². The molecule has 2 nitrogen and oxygen atoms in total. The lowest BCUT2D eigenvalue weighted by atomic mass is 10.2. The van der Waals surface area contributed by atoms with E-state index in [4.69, 9.17) is 0 Å². The molecule has 0 radical (unpaired) electrons. The van der Waals surface area contributed by atoms with Crippen molar-refractivity contribution < 1.29 is 0 Å². The highest BCUT2D eigenvalue weighted by Crippen LogP contribution is 2.02. The summed E-state index contributed by atoms with van der Waals surface area (Å²) in [5.41, 5.74) is 0.984. The second-order valence-electron chi connectivity index (χ2n) is 2.73. The van der Waals surface area contributed by atoms with E-state index in [1.165, 1.54) is 5.22 Å². The average molecular weight is 158 g/mol. The fourth-order valence-corrected chi connectivity index (χ4v) is 1.27. The van der Waals surface area contributed by atoms with Gasteiger partial charge in [-0.3, -0.25) is 0 Å². The van der Waals surface area contributed by atoms with Crippen molar-refractivity contribution in [1.82, 2.24) is 0 Å². The van der Waals surface area contributed by atoms with Crippen molar-refractivity contribution in [3.8, 4) is 0 Å². The third-order valence-corrected chi connectivity index (χ3v) is 1.83. The van der Waals surface area contributed by atoms with E-state index in [2.05, 4.69) is 35.1 Å². The second kappa shape index (κ2) is 2.89. The van der Waals surface area contributed by atoms with Gasteiger partial charge in [-0.1, -0.05) is 19.1 Å². The van der Waals surface area contributed by atoms with E-state index < -0.39 is 0 Å². The Kier molecular flexibility index (Phi) is 1.74. The molecule has 0 bridgehead atoms. The third kappa shape index (κ3) is 1.16. The molecule has 0 unspecified atom stereocenters. The molecule has 1 aliphatic rings. The van der Waals surface area contributed by atoms with Crippen LogP contribution in [0.1, 0.15) is 13.3 Å². The van der Waals surface area contributed by atoms with Gasteiger partial charge in [0.15, 0.2) is 0 Å². The molecule has 0 saturated heterocycles. The predicted octanol–water partition coefficient (Wildman–Crippen LogP) is 1.17. The Morgan fingerprint density at radius 3 is 3.17 bits per heavy atom. The number of aliphatic imine (C=N–C) groups is 1. The van der Waals surface area contributed by atoms with Crippen molar-refractivity contribution >= 4 is 18.1 Å². The Hall–Kier alpha value is -1.44. The smallest absolute Gasteiger partial charge is 0.116 e. The molecule has 1 aliphatic heterocycles. The van der Waals surface area contributed by atoms with Crippen LogP contribution in [-0.4, -0.2) is 6.34 Å². The van der Waals surface area contributed by atoms with Gasteiger partial charge in [0.05, 0.1) is 11.0 Å². The summed E-state index contributed by atoms with van der Waals surface area (Å²) in [5.74, 6) is 0. The Morgan fingerprint density at radius 1 is 1.42 bits per heavy atom. The van der Waals surface area contributed by atoms with Crippen LogP contribution in [0, 0.1) is 0 Å². The van der Waals surface area contributed by atoms with Crippen LogP contribution in [0.3, 0.4) is 0 Å². The number of nitrogens with zero attached hydrogens (tertiary/aromatic N) is 2. The molecule has 0 amide bonds. The summed E-state index contributed by atoms with van der Waals surface area (Å²) >= 11 is 0. The standard InChI is InChI=1S/C10H10N2/c1-2-3-8-4-5-9-10(6-8)12-7-11-9/h3-7H,2H2,1H3. The van der Waals surface area contributed by atoms with E-state index in [0.717, 1.165) is 17.5 Å². The first-order valence-corrected chi connectivity index (χ1v) is 4.11. The lowest BCUT2D eigenvalue weighted by Crippen LogP contribution is -2.06. The largest absolute Gasteiger partial charge is 0.235 e. The summed E-state index contributed by atoms with van der Waals surface area (Å²) in [5, 5.41) is 2.20. The number of fused-ring (bicyclic) bond motifs is 1. The summed E-state index contributed by atoms with van der Waals surface area (Å²) in [4.78, 5) is 8.23. The molecule has 1 aromatic rings. The van der Waals surface area contributed by atoms with Crippen molar-refractivity contribution in [2.24, 2.45) is 9.98 Å². The number of benzene rings is 1. The van der Waals surface area contributed by atoms with Gasteiger partial charge in [0, 0.05) is 0 Å². The third-order valence-electron chi connectivity index (χ3n) is 1.83. The first-order chi connectivity index (χ1) is 5.90. The van der Waals surface area contributed by atoms with Gasteiger partial charge >= 0.3 is 0 Å². The van der Waals surface area contributed by atoms with Gasteiger partial charge in [0.2, 0.25) is 0 Å². The molecule has 0 aliphatic carbocycles. The zero-order chi connectivity index (χ0) is 8.39. The maximum Gasteiger partial charge on any atom is 0.116 e. The SMILES string of the molecule is CCC=c1ccc2c(c1)N=CN=2. The van der Waals surface area contributed by atoms with Gasteiger partial charge in [-0.05, 0) is 23.8 Å². The van der Waals surface area contributed by atoms with Gasteiger partial charge in [-0.25, -0.2) is 9.98 Å². The van der Waals surface area contributed by atoms with Crippen molar-refractivity contribution in [2.75, 3.05) is 0 Å². The second-order valence-corrected chi connectivity index (χ2v) is 2.73. The predicted molar refractivity (Wildman–Crippen MR) is 50.1 cm³/mol. The summed E-state index contributed by atoms with van der Waals surface area (Å²) in [6, 6.07) is 6.14. The molecule has 0 fully saturated rings. The minimum absolute atomic E-state index is 0.975. The Balaban J connectivity index is 2.62. The molecule has 60 valence electrons. The average Bonchev–Trinajstić information content (AvgIpc) is 2.51. The topological polar surface area (TPSA) is 24.7 Å². The molecular formula is C10H10N2. The number of hydrogen-bond acceptors (Lipinski definition) is 2. The molecule has 0 saturated carbocycles. The highest BCUT2D eigenvalue weighted by Gasteiger charge is 1.96. The van der Waals surface area contributed by atoms with Crippen LogP contribution in [0.25, 0.3) is 6.08 Å². The minimum atomic E-state index is 0.975. The van der Waals surface area contributed by atoms with Crippen molar-refractivity contribution in [1.29, 1.82) is 0 Å². The summed E-state index contributed by atoms with van der Waals surface area (Å²) in [6.07, 6.45) is 4.83. The lowest BCUT2D eigenvalue weighted by Gasteiger charge is -1.88. The van der Waals surface area contributed by atoms with E-state index in [0.29, 0.717) is 0 Å². The summed E-state index contributed by atoms with van der Waals surface area (Å²) < 4.78 is 0. The number of rotatable bonds is 1. The number of hydrogen-bond donors (Lipinski definition) is 0. The molecule has 2 rings (SSSR count). The first kappa shape index (κ1) is 7.22. The first-order valence-electron chi connectivity index (χ1n) is 4.11. The molecule has 12 heavy (non-hydrogen) atoms. The maximum atomic E-state index is 4.13. The van der Waals surface area contributed by atoms with E-state index in [9.17, 15) is 0 Å². The van der Waals surface area contributed by atoms with Crippen LogP contribution < -0.4 is 10.6 Å². The zero-order valence-corrected chi connectivity index (χ0v) is 6.99. The van der Waals surface area contributed by atoms with Crippen LogP contribution in [0.15, 0.2) is 28.2 Å². The Morgan fingerprint density at radius 2 is 2.33 bits per heavy atom. The minimum Gasteiger partial charge on any atom is -0.235 e. The molecule has 0 spiro atoms. The Labute approximate surface area is 71.0 Å². The highest BCUT2D eigenvalue weighted by molar-refractivity contribution is 5.66. The molecule has 0 aromatic heterocycles. The highest BCUT2D eigenvalue weighted by atomic mass is 14.9. The van der Waals surface area contributed by atoms with Crippen LogP contribution in [0.4, 0.5) is 5.69 Å². The van der Waals surface area contributed by atoms with Crippen molar-refractivity contribution in [3.05, 3.63) is 28.8 Å². The van der Waals surface area contributed by atoms with Gasteiger partial charge in [-0.2, -0.15) is 0 Å². The van der Waals surface area contributed by atoms with E-state index in [1.807, 2.05) is 6.07 Å². The van der Waals surface area contributed by atoms with Crippen LogP contribution in [0.5, 0.6) is 0 Å². The van der Waals surface area contributed by atoms with Gasteiger partial charge in [-0.15, -0.1) is 0 Å². The normalized spacial score (nSPS) is 14.6. The summed E-state index contributed by atoms with van der Waals surface area (Å²) in [6.45, 7) is 2.13. The molecule has 0 atom stereocenters. The molecule has 1 heterocycles. The fourth-order valence-electron chi connectivity index (χ4n) is 1.27. The molecule has 0 N–H and O–H groups in total. The van der Waals surface area contributed by atoms with Gasteiger partial charge in [0.1, 0.15) is 6.34 Å². The maximum absolute atomic E-state index is 4.13. The Bertz CT molecular complexity index is 430. The molecule has 1 aromatic carbocycles. The van der Waals surface area contributed by atoms with E-state index in [-0.39, 0.29) is 0 Å². The van der Waals surface area contributed by atoms with Gasteiger partial charge < -0.3 is 0 Å². The fraction of sp³-hybridized carbons (Fsp3) is 0.200. The zero-order valence-electron chi connectivity index (χ0n) is 6.99. The van der Waals surface area contributed by atoms with Crippen molar-refractivity contribution in [2.45, 2.75) is 13.3 Å². The van der Waals surface area contributed by atoms with Gasteiger partial charge in [0.25, 0.3) is 0 Å². The monoisotopic (exact) mass is 158 g/mol. The van der Waals surface area contributed by atoms with E-state index in [1.54, 1.807) is 6.34 Å². The van der Waals surface area contributed by atoms with E-state index >= 15 is 0 Å². The quantitative estimate of drug-likeness (QED) is 0.586. The van der Waals surface area contributed by atoms with Crippen molar-refractivity contribution in [3.63, 3.8) is 0 Å².